The zero-order valence-corrected chi connectivity index (χ0v) is 33.7. The van der Waals surface area contributed by atoms with Crippen LogP contribution in [0.15, 0.2) is 24.3 Å². The fourth-order valence-electron chi connectivity index (χ4n) is 6.57. The molecule has 18 nitrogen and oxygen atoms in total. The number of esters is 4. The highest BCUT2D eigenvalue weighted by atomic mass is 16.5. The van der Waals surface area contributed by atoms with Crippen molar-refractivity contribution in [2.24, 2.45) is 0 Å². The monoisotopic (exact) mass is 800 g/mol. The van der Waals surface area contributed by atoms with E-state index in [0.29, 0.717) is 58.0 Å². The summed E-state index contributed by atoms with van der Waals surface area (Å²) < 4.78 is 36.7. The highest BCUT2D eigenvalue weighted by Gasteiger charge is 2.35. The number of carbonyl (C=O) groups is 4. The van der Waals surface area contributed by atoms with Crippen molar-refractivity contribution in [2.75, 3.05) is 134 Å². The molecule has 0 saturated carbocycles. The van der Waals surface area contributed by atoms with Gasteiger partial charge in [-0.1, -0.05) is 12.1 Å². The molecule has 0 aliphatic carbocycles. The average molecular weight is 801 g/mol. The van der Waals surface area contributed by atoms with Gasteiger partial charge in [0.05, 0.1) is 68.1 Å². The Hall–Kier alpha value is -3.46. The summed E-state index contributed by atoms with van der Waals surface area (Å²) >= 11 is 0. The van der Waals surface area contributed by atoms with Crippen molar-refractivity contribution >= 4 is 23.9 Å². The van der Waals surface area contributed by atoms with Crippen LogP contribution < -0.4 is 4.74 Å². The average Bonchev–Trinajstić information content (AvgIpc) is 3.22. The van der Waals surface area contributed by atoms with Gasteiger partial charge < -0.3 is 48.5 Å². The Morgan fingerprint density at radius 2 is 0.911 bits per heavy atom. The van der Waals surface area contributed by atoms with Crippen molar-refractivity contribution in [1.82, 2.24) is 19.6 Å². The van der Waals surface area contributed by atoms with E-state index in [1.165, 1.54) is 28.4 Å². The molecule has 0 bridgehead atoms. The summed E-state index contributed by atoms with van der Waals surface area (Å²) in [4.78, 5) is 58.8. The van der Waals surface area contributed by atoms with E-state index in [0.717, 1.165) is 5.56 Å². The van der Waals surface area contributed by atoms with Gasteiger partial charge in [-0.25, -0.2) is 0 Å². The van der Waals surface area contributed by atoms with Crippen LogP contribution in [-0.4, -0.2) is 217 Å². The minimum absolute atomic E-state index is 0.135. The first-order chi connectivity index (χ1) is 27.1. The first-order valence-corrected chi connectivity index (χ1v) is 19.1. The Kier molecular flexibility index (Phi) is 24.4. The van der Waals surface area contributed by atoms with E-state index in [-0.39, 0.29) is 52.4 Å². The molecule has 4 atom stereocenters. The van der Waals surface area contributed by atoms with E-state index < -0.39 is 67.9 Å². The number of aliphatic hydroxyl groups excluding tert-OH is 3. The van der Waals surface area contributed by atoms with Crippen molar-refractivity contribution in [1.29, 1.82) is 0 Å². The van der Waals surface area contributed by atoms with Gasteiger partial charge in [0.1, 0.15) is 36.5 Å². The van der Waals surface area contributed by atoms with Gasteiger partial charge in [-0.2, -0.15) is 0 Å². The molecule has 0 radical (unpaired) electrons. The summed E-state index contributed by atoms with van der Waals surface area (Å²) in [7, 11) is 4.98. The maximum absolute atomic E-state index is 13.4. The molecule has 1 heterocycles. The Balaban J connectivity index is 2.33. The molecule has 0 amide bonds. The molecule has 2 rings (SSSR count). The molecule has 0 aromatic heterocycles. The van der Waals surface area contributed by atoms with Crippen molar-refractivity contribution < 1.29 is 67.7 Å². The van der Waals surface area contributed by atoms with Gasteiger partial charge in [0.15, 0.2) is 0 Å². The molecule has 0 unspecified atom stereocenters. The molecule has 18 heteroatoms. The van der Waals surface area contributed by atoms with Crippen LogP contribution in [0.1, 0.15) is 25.3 Å². The Morgan fingerprint density at radius 3 is 1.29 bits per heavy atom. The predicted octanol–water partition coefficient (Wildman–Crippen LogP) is -1.19. The molecule has 1 aliphatic rings. The number of benzene rings is 1. The molecule has 0 spiro atoms. The lowest BCUT2D eigenvalue weighted by atomic mass is 10.0. The second kappa shape index (κ2) is 28.0. The second-order valence-electron chi connectivity index (χ2n) is 13.0. The third kappa shape index (κ3) is 16.2. The van der Waals surface area contributed by atoms with Crippen LogP contribution in [0.3, 0.4) is 0 Å². The van der Waals surface area contributed by atoms with Gasteiger partial charge in [-0.15, -0.1) is 0 Å². The smallest absolute Gasteiger partial charge is 0.325 e. The summed E-state index contributed by atoms with van der Waals surface area (Å²) in [5.41, 5.74) is 1.05. The minimum Gasteiger partial charge on any atom is -0.491 e. The van der Waals surface area contributed by atoms with Gasteiger partial charge in [0.2, 0.25) is 0 Å². The van der Waals surface area contributed by atoms with Crippen LogP contribution in [0.5, 0.6) is 5.75 Å². The largest absolute Gasteiger partial charge is 0.491 e. The van der Waals surface area contributed by atoms with Crippen LogP contribution in [0, 0.1) is 0 Å². The molecule has 1 aliphatic heterocycles. The van der Waals surface area contributed by atoms with Crippen molar-refractivity contribution in [3.63, 3.8) is 0 Å². The van der Waals surface area contributed by atoms with E-state index in [2.05, 4.69) is 0 Å². The van der Waals surface area contributed by atoms with Crippen LogP contribution in [0.25, 0.3) is 0 Å². The Labute approximate surface area is 330 Å². The van der Waals surface area contributed by atoms with Crippen LogP contribution in [0.4, 0.5) is 0 Å². The topological polar surface area (TPSA) is 207 Å². The normalized spacial score (nSPS) is 17.7. The third-order valence-electron chi connectivity index (χ3n) is 9.81. The van der Waals surface area contributed by atoms with Gasteiger partial charge in [-0.3, -0.25) is 38.8 Å². The molecule has 1 aromatic rings. The van der Waals surface area contributed by atoms with E-state index in [1.807, 2.05) is 36.1 Å². The molecule has 1 aromatic carbocycles. The molecule has 1 saturated heterocycles. The first kappa shape index (κ1) is 48.7. The lowest BCUT2D eigenvalue weighted by molar-refractivity contribution is -0.153. The lowest BCUT2D eigenvalue weighted by Gasteiger charge is -2.39. The maximum Gasteiger partial charge on any atom is 0.325 e. The van der Waals surface area contributed by atoms with Crippen molar-refractivity contribution in [3.8, 4) is 5.75 Å². The van der Waals surface area contributed by atoms with Crippen LogP contribution in [-0.2, 0) is 54.0 Å². The SMILES string of the molecule is CCOCCOCCOc1ccc(CCC[C@@H](C(=O)OC)N2CCN([C@@H](CO)C(=O)OC)CCN([C@H](CO)C(=O)OC)CCN([C@@H](CO)C(=O)OC)CC2)cc1. The summed E-state index contributed by atoms with van der Waals surface area (Å²) in [6.45, 7) is 4.19. The number of rotatable bonds is 23. The Morgan fingerprint density at radius 1 is 0.554 bits per heavy atom. The summed E-state index contributed by atoms with van der Waals surface area (Å²) in [5.74, 6) is -1.75. The summed E-state index contributed by atoms with van der Waals surface area (Å²) in [6.07, 6.45) is 1.69. The number of ether oxygens (including phenoxy) is 7. The standard InChI is InChI=1S/C38H64N4O14/c1-6-54-22-23-55-24-25-56-30-12-10-29(11-13-30)8-7-9-31(35(46)50-2)39-14-16-40(32(26-43)36(47)51-3)18-20-42(34(28-45)38(49)53-5)21-19-41(17-15-39)33(27-44)37(48)52-4/h10-13,31-34,43-45H,6-9,14-28H2,1-5H3/t31-,32-,33-,34+/m0/s1. The van der Waals surface area contributed by atoms with Gasteiger partial charge >= 0.3 is 23.9 Å². The number of aliphatic hydroxyl groups is 3. The first-order valence-electron chi connectivity index (χ1n) is 19.1. The van der Waals surface area contributed by atoms with Crippen molar-refractivity contribution in [2.45, 2.75) is 50.4 Å². The fraction of sp³-hybridized carbons (Fsp3) is 0.737. The number of carbonyl (C=O) groups excluding carboxylic acids is 4. The molecule has 320 valence electrons. The quantitative estimate of drug-likeness (QED) is 0.0676. The Bertz CT molecular complexity index is 1240. The number of hydrogen-bond donors (Lipinski definition) is 3. The minimum atomic E-state index is -1.07. The molecule has 3 N–H and O–H groups in total. The van der Waals surface area contributed by atoms with E-state index >= 15 is 0 Å². The molecular weight excluding hydrogens is 736 g/mol. The predicted molar refractivity (Wildman–Crippen MR) is 203 cm³/mol. The third-order valence-corrected chi connectivity index (χ3v) is 9.81. The number of methoxy groups -OCH3 is 4. The zero-order chi connectivity index (χ0) is 41.3. The van der Waals surface area contributed by atoms with Gasteiger partial charge in [0.25, 0.3) is 0 Å². The van der Waals surface area contributed by atoms with Crippen LogP contribution in [0.2, 0.25) is 0 Å². The van der Waals surface area contributed by atoms with E-state index in [9.17, 15) is 34.5 Å². The van der Waals surface area contributed by atoms with Gasteiger partial charge in [-0.05, 0) is 43.9 Å². The van der Waals surface area contributed by atoms with E-state index in [1.54, 1.807) is 14.7 Å². The second-order valence-corrected chi connectivity index (χ2v) is 13.0. The molecular formula is C38H64N4O14. The lowest BCUT2D eigenvalue weighted by Crippen LogP contribution is -2.57. The van der Waals surface area contributed by atoms with E-state index in [4.69, 9.17) is 33.2 Å². The maximum atomic E-state index is 13.4. The molecule has 1 fully saturated rings. The summed E-state index contributed by atoms with van der Waals surface area (Å²) in [6, 6.07) is 3.83. The molecule has 56 heavy (non-hydrogen) atoms. The fourth-order valence-corrected chi connectivity index (χ4v) is 6.57. The highest BCUT2D eigenvalue weighted by molar-refractivity contribution is 5.77. The zero-order valence-electron chi connectivity index (χ0n) is 33.7. The number of hydrogen-bond acceptors (Lipinski definition) is 18. The van der Waals surface area contributed by atoms with Gasteiger partial charge in [0, 0.05) is 59.0 Å². The summed E-state index contributed by atoms with van der Waals surface area (Å²) in [5, 5.41) is 30.8. The highest BCUT2D eigenvalue weighted by Crippen LogP contribution is 2.18. The number of aryl methyl sites for hydroxylation is 1. The van der Waals surface area contributed by atoms with Crippen LogP contribution >= 0.6 is 0 Å². The number of nitrogens with zero attached hydrogens (tertiary/aromatic N) is 4. The van der Waals surface area contributed by atoms with Crippen molar-refractivity contribution in [3.05, 3.63) is 29.8 Å².